The molecule has 0 aliphatic carbocycles. The molecule has 3 N–H and O–H groups in total. The summed E-state index contributed by atoms with van der Waals surface area (Å²) in [5.74, 6) is -0.758. The number of nitrogen functional groups attached to an aromatic ring is 1. The number of rotatable bonds is 5. The zero-order valence-corrected chi connectivity index (χ0v) is 15.3. The van der Waals surface area contributed by atoms with E-state index in [-0.39, 0.29) is 24.3 Å². The molecule has 9 nitrogen and oxygen atoms in total. The van der Waals surface area contributed by atoms with Crippen molar-refractivity contribution in [2.24, 2.45) is 7.05 Å². The van der Waals surface area contributed by atoms with E-state index in [1.165, 1.54) is 0 Å². The second-order valence-electron chi connectivity index (χ2n) is 6.23. The molecule has 0 radical (unpaired) electrons. The highest BCUT2D eigenvalue weighted by atomic mass is 16.4. The number of nitrogens with zero attached hydrogens (tertiary/aromatic N) is 6. The summed E-state index contributed by atoms with van der Waals surface area (Å²) >= 11 is 0. The number of aliphatic carboxylic acids is 1. The number of carbonyl (C=O) groups is 1. The van der Waals surface area contributed by atoms with Crippen molar-refractivity contribution in [1.29, 1.82) is 5.26 Å². The van der Waals surface area contributed by atoms with E-state index >= 15 is 0 Å². The average molecular weight is 365 g/mol. The molecule has 3 aromatic heterocycles. The van der Waals surface area contributed by atoms with E-state index in [2.05, 4.69) is 21.1 Å². The lowest BCUT2D eigenvalue weighted by molar-refractivity contribution is -0.137. The molecule has 0 bridgehead atoms. The minimum atomic E-state index is -0.886. The van der Waals surface area contributed by atoms with Gasteiger partial charge in [0.1, 0.15) is 17.5 Å². The predicted molar refractivity (Wildman–Crippen MR) is 98.5 cm³/mol. The molecule has 0 spiro atoms. The first kappa shape index (κ1) is 18.1. The Morgan fingerprint density at radius 1 is 1.41 bits per heavy atom. The Hall–Kier alpha value is -3.67. The Morgan fingerprint density at radius 2 is 2.15 bits per heavy atom. The summed E-state index contributed by atoms with van der Waals surface area (Å²) in [6.45, 7) is 3.96. The minimum Gasteiger partial charge on any atom is -0.481 e. The van der Waals surface area contributed by atoms with Crippen LogP contribution in [0.1, 0.15) is 23.4 Å². The van der Waals surface area contributed by atoms with E-state index in [0.29, 0.717) is 17.0 Å². The number of aryl methyl sites for hydroxylation is 3. The fourth-order valence-electron chi connectivity index (χ4n) is 3.12. The minimum absolute atomic E-state index is 0.0232. The molecule has 0 unspecified atom stereocenters. The first-order valence-electron chi connectivity index (χ1n) is 8.27. The third-order valence-electron chi connectivity index (χ3n) is 4.43. The third kappa shape index (κ3) is 3.25. The Morgan fingerprint density at radius 3 is 2.74 bits per heavy atom. The zero-order valence-electron chi connectivity index (χ0n) is 15.3. The van der Waals surface area contributed by atoms with Gasteiger partial charge in [-0.15, -0.1) is 0 Å². The van der Waals surface area contributed by atoms with E-state index in [9.17, 15) is 10.1 Å². The van der Waals surface area contributed by atoms with Gasteiger partial charge in [0.05, 0.1) is 42.6 Å². The fourth-order valence-corrected chi connectivity index (χ4v) is 3.12. The molecule has 3 aromatic rings. The third-order valence-corrected chi connectivity index (χ3v) is 4.43. The molecule has 3 rings (SSSR count). The second kappa shape index (κ2) is 6.92. The van der Waals surface area contributed by atoms with Crippen molar-refractivity contribution < 1.29 is 9.90 Å². The molecule has 9 heteroatoms. The number of aromatic nitrogens is 5. The highest BCUT2D eigenvalue weighted by Gasteiger charge is 2.20. The van der Waals surface area contributed by atoms with Crippen LogP contribution < -0.4 is 5.73 Å². The maximum Gasteiger partial charge on any atom is 0.305 e. The number of carboxylic acids is 1. The number of nitrogens with two attached hydrogens (primary N) is 1. The predicted octanol–water partition coefficient (Wildman–Crippen LogP) is 1.89. The Bertz CT molecular complexity index is 1070. The van der Waals surface area contributed by atoms with Gasteiger partial charge in [0.15, 0.2) is 0 Å². The van der Waals surface area contributed by atoms with E-state index in [1.807, 2.05) is 20.9 Å². The van der Waals surface area contributed by atoms with Gasteiger partial charge in [0.2, 0.25) is 0 Å². The van der Waals surface area contributed by atoms with Crippen molar-refractivity contribution in [3.05, 3.63) is 35.5 Å². The van der Waals surface area contributed by atoms with Gasteiger partial charge < -0.3 is 15.4 Å². The first-order valence-corrected chi connectivity index (χ1v) is 8.27. The summed E-state index contributed by atoms with van der Waals surface area (Å²) < 4.78 is 3.45. The molecule has 27 heavy (non-hydrogen) atoms. The van der Waals surface area contributed by atoms with Gasteiger partial charge in [-0.25, -0.2) is 9.97 Å². The Kier molecular flexibility index (Phi) is 4.64. The molecule has 0 aromatic carbocycles. The van der Waals surface area contributed by atoms with Gasteiger partial charge in [0, 0.05) is 23.9 Å². The molecular formula is C18H19N7O2. The van der Waals surface area contributed by atoms with Crippen molar-refractivity contribution in [2.45, 2.75) is 26.8 Å². The van der Waals surface area contributed by atoms with Crippen molar-refractivity contribution in [3.8, 4) is 28.6 Å². The first-order chi connectivity index (χ1) is 12.8. The molecule has 0 aliphatic rings. The smallest absolute Gasteiger partial charge is 0.305 e. The quantitative estimate of drug-likeness (QED) is 0.704. The number of imidazole rings is 1. The van der Waals surface area contributed by atoms with E-state index in [1.54, 1.807) is 27.8 Å². The molecule has 0 fully saturated rings. The number of hydrogen-bond donors (Lipinski definition) is 2. The summed E-state index contributed by atoms with van der Waals surface area (Å²) in [7, 11) is 1.83. The Balaban J connectivity index is 2.17. The van der Waals surface area contributed by atoms with E-state index < -0.39 is 5.97 Å². The van der Waals surface area contributed by atoms with Crippen LogP contribution in [0.3, 0.4) is 0 Å². The molecule has 0 amide bonds. The fraction of sp³-hybridized carbons (Fsp3) is 0.278. The van der Waals surface area contributed by atoms with Crippen LogP contribution in [0.4, 0.5) is 5.82 Å². The summed E-state index contributed by atoms with van der Waals surface area (Å²) in [6.07, 6.45) is 3.28. The van der Waals surface area contributed by atoms with Crippen LogP contribution in [0, 0.1) is 25.2 Å². The largest absolute Gasteiger partial charge is 0.481 e. The van der Waals surface area contributed by atoms with Crippen LogP contribution in [0.15, 0.2) is 18.6 Å². The highest BCUT2D eigenvalue weighted by Crippen LogP contribution is 2.33. The van der Waals surface area contributed by atoms with Crippen LogP contribution in [-0.4, -0.2) is 35.4 Å². The molecule has 0 aliphatic heterocycles. The van der Waals surface area contributed by atoms with Crippen LogP contribution in [0.25, 0.3) is 22.5 Å². The Labute approximate surface area is 155 Å². The van der Waals surface area contributed by atoms with E-state index in [0.717, 1.165) is 17.0 Å². The molecule has 138 valence electrons. The summed E-state index contributed by atoms with van der Waals surface area (Å²) in [5.41, 5.74) is 10.6. The highest BCUT2D eigenvalue weighted by molar-refractivity contribution is 5.79. The molecule has 0 saturated carbocycles. The maximum absolute atomic E-state index is 10.9. The number of nitriles is 1. The number of carboxylic acid groups (broad SMARTS) is 1. The lowest BCUT2D eigenvalue weighted by Crippen LogP contribution is -2.07. The van der Waals surface area contributed by atoms with Gasteiger partial charge in [-0.1, -0.05) is 0 Å². The van der Waals surface area contributed by atoms with Gasteiger partial charge in [-0.05, 0) is 19.9 Å². The SMILES string of the molecule is Cc1nn(CCC(=O)O)c(C)c1-c1cc(-c2cncn2C)c(C#N)c(N)n1. The summed E-state index contributed by atoms with van der Waals surface area (Å²) in [4.78, 5) is 19.4. The van der Waals surface area contributed by atoms with Gasteiger partial charge in [-0.3, -0.25) is 9.48 Å². The van der Waals surface area contributed by atoms with Crippen molar-refractivity contribution in [2.75, 3.05) is 5.73 Å². The number of hydrogen-bond acceptors (Lipinski definition) is 6. The molecule has 0 saturated heterocycles. The van der Waals surface area contributed by atoms with Gasteiger partial charge >= 0.3 is 5.97 Å². The van der Waals surface area contributed by atoms with Crippen LogP contribution >= 0.6 is 0 Å². The van der Waals surface area contributed by atoms with Crippen LogP contribution in [0.5, 0.6) is 0 Å². The van der Waals surface area contributed by atoms with Crippen LogP contribution in [-0.2, 0) is 18.4 Å². The van der Waals surface area contributed by atoms with Gasteiger partial charge in [0.25, 0.3) is 0 Å². The van der Waals surface area contributed by atoms with Gasteiger partial charge in [-0.2, -0.15) is 10.4 Å². The number of anilines is 1. The standard InChI is InChI=1S/C18H19N7O2/c1-10-17(11(2)25(23-10)5-4-16(26)27)14-6-12(13(7-19)18(20)22-14)15-8-21-9-24(15)3/h6,8-9H,4-5H2,1-3H3,(H2,20,22)(H,26,27). The van der Waals surface area contributed by atoms with Crippen molar-refractivity contribution >= 4 is 11.8 Å². The van der Waals surface area contributed by atoms with E-state index in [4.69, 9.17) is 10.8 Å². The lowest BCUT2D eigenvalue weighted by Gasteiger charge is -2.11. The monoisotopic (exact) mass is 365 g/mol. The van der Waals surface area contributed by atoms with Crippen molar-refractivity contribution in [1.82, 2.24) is 24.3 Å². The zero-order chi connectivity index (χ0) is 19.7. The normalized spacial score (nSPS) is 10.7. The average Bonchev–Trinajstić information content (AvgIpc) is 3.15. The lowest BCUT2D eigenvalue weighted by atomic mass is 10.0. The van der Waals surface area contributed by atoms with Crippen LogP contribution in [0.2, 0.25) is 0 Å². The van der Waals surface area contributed by atoms with Crippen molar-refractivity contribution in [3.63, 3.8) is 0 Å². The topological polar surface area (TPSA) is 136 Å². The molecule has 3 heterocycles. The summed E-state index contributed by atoms with van der Waals surface area (Å²) in [6, 6.07) is 3.91. The molecular weight excluding hydrogens is 346 g/mol. The second-order valence-corrected chi connectivity index (χ2v) is 6.23. The number of pyridine rings is 1. The molecule has 0 atom stereocenters. The summed E-state index contributed by atoms with van der Waals surface area (Å²) in [5, 5.41) is 22.9. The maximum atomic E-state index is 10.9.